The van der Waals surface area contributed by atoms with Crippen LogP contribution in [-0.2, 0) is 4.74 Å². The van der Waals surface area contributed by atoms with Crippen LogP contribution in [0.1, 0.15) is 53.9 Å². The summed E-state index contributed by atoms with van der Waals surface area (Å²) < 4.78 is 5.46. The van der Waals surface area contributed by atoms with Gasteiger partial charge in [-0.1, -0.05) is 13.8 Å². The lowest BCUT2D eigenvalue weighted by molar-refractivity contribution is 0.0137. The molecule has 0 aromatic heterocycles. The van der Waals surface area contributed by atoms with Crippen molar-refractivity contribution >= 4 is 6.09 Å². The fourth-order valence-electron chi connectivity index (χ4n) is 3.27. The molecule has 2 atom stereocenters. The molecule has 2 N–H and O–H groups in total. The Morgan fingerprint density at radius 2 is 1.95 bits per heavy atom. The Morgan fingerprint density at radius 3 is 2.42 bits per heavy atom. The van der Waals surface area contributed by atoms with Crippen LogP contribution in [0.5, 0.6) is 0 Å². The van der Waals surface area contributed by atoms with E-state index in [9.17, 15) is 4.79 Å². The molecule has 1 saturated carbocycles. The van der Waals surface area contributed by atoms with Crippen LogP contribution in [0.15, 0.2) is 0 Å². The number of likely N-dealkylation sites (tertiary alicyclic amines) is 1. The second kappa shape index (κ2) is 4.37. The van der Waals surface area contributed by atoms with Crippen LogP contribution in [0.4, 0.5) is 4.79 Å². The minimum atomic E-state index is -0.427. The zero-order valence-electron chi connectivity index (χ0n) is 13.0. The van der Waals surface area contributed by atoms with Gasteiger partial charge in [-0.2, -0.15) is 0 Å². The second-order valence-electron chi connectivity index (χ2n) is 7.87. The van der Waals surface area contributed by atoms with Crippen molar-refractivity contribution in [3.8, 4) is 0 Å². The number of hydrogen-bond acceptors (Lipinski definition) is 3. The van der Waals surface area contributed by atoms with E-state index in [1.807, 2.05) is 25.7 Å². The van der Waals surface area contributed by atoms with Crippen molar-refractivity contribution in [1.82, 2.24) is 4.90 Å². The number of amides is 1. The molecule has 1 heterocycles. The summed E-state index contributed by atoms with van der Waals surface area (Å²) in [5.41, 5.74) is 6.21. The molecule has 0 spiro atoms. The fraction of sp³-hybridized carbons (Fsp3) is 0.933. The highest BCUT2D eigenvalue weighted by atomic mass is 16.6. The Hall–Kier alpha value is -0.770. The Kier molecular flexibility index (Phi) is 3.37. The van der Waals surface area contributed by atoms with E-state index in [2.05, 4.69) is 13.8 Å². The number of piperidine rings is 1. The number of hydrogen-bond donors (Lipinski definition) is 1. The first-order valence-electron chi connectivity index (χ1n) is 7.32. The summed E-state index contributed by atoms with van der Waals surface area (Å²) >= 11 is 0. The molecule has 110 valence electrons. The topological polar surface area (TPSA) is 55.6 Å². The number of ether oxygens (including phenoxy) is 1. The lowest BCUT2D eigenvalue weighted by atomic mass is 9.85. The number of nitrogens with zero attached hydrogens (tertiary/aromatic N) is 1. The van der Waals surface area contributed by atoms with Gasteiger partial charge in [-0.05, 0) is 51.4 Å². The summed E-state index contributed by atoms with van der Waals surface area (Å²) in [5, 5.41) is 0. The van der Waals surface area contributed by atoms with Gasteiger partial charge in [0, 0.05) is 18.6 Å². The first kappa shape index (κ1) is 14.6. The van der Waals surface area contributed by atoms with Gasteiger partial charge in [0.2, 0.25) is 0 Å². The van der Waals surface area contributed by atoms with Gasteiger partial charge in [0.25, 0.3) is 0 Å². The highest BCUT2D eigenvalue weighted by Gasteiger charge is 2.62. The fourth-order valence-corrected chi connectivity index (χ4v) is 3.27. The lowest BCUT2D eigenvalue weighted by Crippen LogP contribution is -2.50. The Bertz CT molecular complexity index is 373. The summed E-state index contributed by atoms with van der Waals surface area (Å²) in [6, 6.07) is 0. The van der Waals surface area contributed by atoms with Crippen molar-refractivity contribution in [2.24, 2.45) is 17.1 Å². The molecule has 0 radical (unpaired) electrons. The Labute approximate surface area is 116 Å². The van der Waals surface area contributed by atoms with Crippen LogP contribution in [0.25, 0.3) is 0 Å². The van der Waals surface area contributed by atoms with Crippen molar-refractivity contribution in [2.75, 3.05) is 13.1 Å². The summed E-state index contributed by atoms with van der Waals surface area (Å²) in [6.45, 7) is 11.7. The largest absolute Gasteiger partial charge is 0.444 e. The van der Waals surface area contributed by atoms with Crippen LogP contribution in [0.3, 0.4) is 0 Å². The van der Waals surface area contributed by atoms with Crippen LogP contribution < -0.4 is 5.73 Å². The summed E-state index contributed by atoms with van der Waals surface area (Å²) in [5.74, 6) is 0.406. The first-order valence-corrected chi connectivity index (χ1v) is 7.32. The van der Waals surface area contributed by atoms with Crippen molar-refractivity contribution in [1.29, 1.82) is 0 Å². The van der Waals surface area contributed by atoms with Crippen molar-refractivity contribution in [3.63, 3.8) is 0 Å². The molecule has 0 bridgehead atoms. The molecule has 2 unspecified atom stereocenters. The minimum absolute atomic E-state index is 0.0896. The molecule has 0 aromatic carbocycles. The van der Waals surface area contributed by atoms with Gasteiger partial charge in [-0.3, -0.25) is 0 Å². The average Bonchev–Trinajstić information content (AvgIpc) is 2.77. The zero-order valence-corrected chi connectivity index (χ0v) is 13.0. The molecule has 4 heteroatoms. The predicted molar refractivity (Wildman–Crippen MR) is 75.8 cm³/mol. The third-order valence-corrected chi connectivity index (χ3v) is 4.67. The van der Waals surface area contributed by atoms with Crippen LogP contribution in [0, 0.1) is 11.3 Å². The predicted octanol–water partition coefficient (Wildman–Crippen LogP) is 2.76. The van der Waals surface area contributed by atoms with Gasteiger partial charge < -0.3 is 15.4 Å². The van der Waals surface area contributed by atoms with E-state index in [1.165, 1.54) is 0 Å². The highest BCUT2D eigenvalue weighted by molar-refractivity contribution is 5.68. The average molecular weight is 268 g/mol. The van der Waals surface area contributed by atoms with Gasteiger partial charge in [0.1, 0.15) is 5.60 Å². The third kappa shape index (κ3) is 2.88. The molecule has 1 saturated heterocycles. The molecule has 4 nitrogen and oxygen atoms in total. The molecule has 19 heavy (non-hydrogen) atoms. The van der Waals surface area contributed by atoms with E-state index in [4.69, 9.17) is 10.5 Å². The van der Waals surface area contributed by atoms with Gasteiger partial charge in [-0.25, -0.2) is 4.79 Å². The van der Waals surface area contributed by atoms with Gasteiger partial charge in [0.15, 0.2) is 0 Å². The maximum absolute atomic E-state index is 12.1. The smallest absolute Gasteiger partial charge is 0.410 e. The van der Waals surface area contributed by atoms with Crippen LogP contribution in [0.2, 0.25) is 0 Å². The van der Waals surface area contributed by atoms with E-state index in [0.29, 0.717) is 5.92 Å². The number of carbonyl (C=O) groups excluding carboxylic acids is 1. The summed E-state index contributed by atoms with van der Waals surface area (Å²) in [6.07, 6.45) is 3.02. The minimum Gasteiger partial charge on any atom is -0.444 e. The maximum atomic E-state index is 12.1. The maximum Gasteiger partial charge on any atom is 0.410 e. The van der Waals surface area contributed by atoms with Crippen molar-refractivity contribution < 1.29 is 9.53 Å². The van der Waals surface area contributed by atoms with Gasteiger partial charge >= 0.3 is 6.09 Å². The molecular weight excluding hydrogens is 240 g/mol. The molecule has 0 aromatic rings. The third-order valence-electron chi connectivity index (χ3n) is 4.67. The number of nitrogens with two attached hydrogens (primary N) is 1. The van der Waals surface area contributed by atoms with E-state index >= 15 is 0 Å². The summed E-state index contributed by atoms with van der Waals surface area (Å²) in [4.78, 5) is 14.0. The molecular formula is C15H28N2O2. The summed E-state index contributed by atoms with van der Waals surface area (Å²) in [7, 11) is 0. The van der Waals surface area contributed by atoms with E-state index in [1.54, 1.807) is 0 Å². The molecule has 2 aliphatic rings. The Balaban J connectivity index is 1.97. The van der Waals surface area contributed by atoms with Crippen molar-refractivity contribution in [2.45, 2.75) is 65.0 Å². The van der Waals surface area contributed by atoms with Crippen LogP contribution >= 0.6 is 0 Å². The molecule has 2 rings (SSSR count). The van der Waals surface area contributed by atoms with Crippen molar-refractivity contribution in [3.05, 3.63) is 0 Å². The second-order valence-corrected chi connectivity index (χ2v) is 7.87. The van der Waals surface area contributed by atoms with Gasteiger partial charge in [-0.15, -0.1) is 0 Å². The quantitative estimate of drug-likeness (QED) is 0.795. The molecule has 1 aliphatic heterocycles. The number of rotatable bonds is 1. The molecule has 1 amide bonds. The Morgan fingerprint density at radius 1 is 1.37 bits per heavy atom. The molecule has 2 fully saturated rings. The zero-order chi connectivity index (χ0) is 14.5. The van der Waals surface area contributed by atoms with Crippen LogP contribution in [-0.4, -0.2) is 35.2 Å². The van der Waals surface area contributed by atoms with Gasteiger partial charge in [0.05, 0.1) is 0 Å². The van der Waals surface area contributed by atoms with E-state index in [-0.39, 0.29) is 17.0 Å². The normalized spacial score (nSPS) is 34.0. The lowest BCUT2D eigenvalue weighted by Gasteiger charge is -2.38. The van der Waals surface area contributed by atoms with E-state index < -0.39 is 5.60 Å². The van der Waals surface area contributed by atoms with E-state index in [0.717, 1.165) is 32.4 Å². The standard InChI is InChI=1S/C15H28N2O2/c1-13(2,3)19-12(18)17-8-6-7-11(9-17)15(16)10-14(15,4)5/h11H,6-10,16H2,1-5H3. The SMILES string of the molecule is CC(C)(C)OC(=O)N1CCCC(C2(N)CC2(C)C)C1. The highest BCUT2D eigenvalue weighted by Crippen LogP contribution is 2.59. The molecule has 1 aliphatic carbocycles. The number of carbonyl (C=O) groups is 1. The monoisotopic (exact) mass is 268 g/mol. The first-order chi connectivity index (χ1) is 8.55.